The van der Waals surface area contributed by atoms with Crippen LogP contribution in [0.15, 0.2) is 60.7 Å². The van der Waals surface area contributed by atoms with E-state index in [1.807, 2.05) is 48.5 Å². The number of carbonyl (C=O) groups is 2. The summed E-state index contributed by atoms with van der Waals surface area (Å²) in [7, 11) is -3.56. The van der Waals surface area contributed by atoms with Crippen molar-refractivity contribution >= 4 is 21.8 Å². The average molecular weight is 470 g/mol. The van der Waals surface area contributed by atoms with Crippen molar-refractivity contribution in [3.8, 4) is 0 Å². The van der Waals surface area contributed by atoms with Crippen molar-refractivity contribution in [2.75, 3.05) is 26.2 Å². The van der Waals surface area contributed by atoms with Crippen LogP contribution in [-0.2, 0) is 25.4 Å². The molecule has 33 heavy (non-hydrogen) atoms. The fourth-order valence-corrected chi connectivity index (χ4v) is 5.89. The summed E-state index contributed by atoms with van der Waals surface area (Å²) in [6.07, 6.45) is 2.44. The third kappa shape index (κ3) is 6.21. The Morgan fingerprint density at radius 2 is 1.61 bits per heavy atom. The molecule has 1 atom stereocenters. The quantitative estimate of drug-likeness (QED) is 0.730. The molecular formula is C25H31N3O4S. The second-order valence-electron chi connectivity index (χ2n) is 8.78. The second kappa shape index (κ2) is 10.5. The third-order valence-corrected chi connectivity index (χ3v) is 8.07. The van der Waals surface area contributed by atoms with Gasteiger partial charge in [-0.2, -0.15) is 4.31 Å². The van der Waals surface area contributed by atoms with E-state index in [9.17, 15) is 18.0 Å². The molecule has 1 saturated heterocycles. The van der Waals surface area contributed by atoms with E-state index in [1.165, 1.54) is 4.31 Å². The number of hydrogen-bond donors (Lipinski definition) is 1. The number of benzene rings is 2. The maximum absolute atomic E-state index is 13.2. The highest BCUT2D eigenvalue weighted by molar-refractivity contribution is 7.88. The van der Waals surface area contributed by atoms with E-state index in [0.717, 1.165) is 24.0 Å². The van der Waals surface area contributed by atoms with Crippen molar-refractivity contribution in [2.24, 2.45) is 5.92 Å². The van der Waals surface area contributed by atoms with Crippen LogP contribution in [0, 0.1) is 5.92 Å². The predicted octanol–water partition coefficient (Wildman–Crippen LogP) is 2.71. The Bertz CT molecular complexity index is 1060. The fourth-order valence-electron chi connectivity index (χ4n) is 4.32. The summed E-state index contributed by atoms with van der Waals surface area (Å²) in [5, 5.41) is 2.87. The van der Waals surface area contributed by atoms with Crippen LogP contribution in [0.4, 0.5) is 0 Å². The molecule has 2 aromatic carbocycles. The molecule has 0 radical (unpaired) electrons. The number of rotatable bonds is 5. The Kier molecular flexibility index (Phi) is 7.45. The molecule has 1 N–H and O–H groups in total. The largest absolute Gasteiger partial charge is 0.355 e. The molecule has 2 amide bonds. The number of nitrogens with one attached hydrogen (secondary N) is 1. The summed E-state index contributed by atoms with van der Waals surface area (Å²) in [5.74, 6) is -0.184. The van der Waals surface area contributed by atoms with Crippen LogP contribution in [0.2, 0.25) is 0 Å². The summed E-state index contributed by atoms with van der Waals surface area (Å²) < 4.78 is 27.7. The van der Waals surface area contributed by atoms with Gasteiger partial charge >= 0.3 is 0 Å². The monoisotopic (exact) mass is 469 g/mol. The van der Waals surface area contributed by atoms with Crippen LogP contribution in [-0.4, -0.2) is 55.6 Å². The average Bonchev–Trinajstić information content (AvgIpc) is 3.65. The van der Waals surface area contributed by atoms with Crippen molar-refractivity contribution in [1.29, 1.82) is 0 Å². The Morgan fingerprint density at radius 3 is 2.27 bits per heavy atom. The van der Waals surface area contributed by atoms with Crippen LogP contribution >= 0.6 is 0 Å². The van der Waals surface area contributed by atoms with E-state index in [2.05, 4.69) is 5.32 Å². The molecule has 7 nitrogen and oxygen atoms in total. The minimum Gasteiger partial charge on any atom is -0.355 e. The molecular weight excluding hydrogens is 438 g/mol. The highest BCUT2D eigenvalue weighted by Crippen LogP contribution is 2.35. The van der Waals surface area contributed by atoms with E-state index >= 15 is 0 Å². The van der Waals surface area contributed by atoms with Gasteiger partial charge in [-0.1, -0.05) is 60.7 Å². The topological polar surface area (TPSA) is 86.8 Å². The van der Waals surface area contributed by atoms with Crippen LogP contribution in [0.25, 0.3) is 0 Å². The van der Waals surface area contributed by atoms with Gasteiger partial charge in [0, 0.05) is 32.1 Å². The molecule has 8 heteroatoms. The van der Waals surface area contributed by atoms with Crippen LogP contribution < -0.4 is 5.32 Å². The Hall–Kier alpha value is -2.71. The maximum Gasteiger partial charge on any atom is 0.226 e. The zero-order valence-corrected chi connectivity index (χ0v) is 19.5. The summed E-state index contributed by atoms with van der Waals surface area (Å²) in [6.45, 7) is 1.18. The first kappa shape index (κ1) is 23.4. The molecule has 2 aliphatic rings. The summed E-state index contributed by atoms with van der Waals surface area (Å²) in [6, 6.07) is 18.4. The van der Waals surface area contributed by atoms with Gasteiger partial charge in [0.1, 0.15) is 0 Å². The van der Waals surface area contributed by atoms with E-state index in [-0.39, 0.29) is 49.0 Å². The number of carbonyl (C=O) groups excluding carboxylic acids is 2. The first-order valence-corrected chi connectivity index (χ1v) is 13.2. The van der Waals surface area contributed by atoms with E-state index < -0.39 is 10.0 Å². The maximum atomic E-state index is 13.2. The molecule has 2 fully saturated rings. The van der Waals surface area contributed by atoms with E-state index in [0.29, 0.717) is 19.5 Å². The normalized spacial score (nSPS) is 21.2. The van der Waals surface area contributed by atoms with Crippen molar-refractivity contribution in [3.63, 3.8) is 0 Å². The molecule has 0 bridgehead atoms. The summed E-state index contributed by atoms with van der Waals surface area (Å²) in [4.78, 5) is 27.8. The molecule has 4 rings (SSSR count). The van der Waals surface area contributed by atoms with E-state index in [1.54, 1.807) is 17.0 Å². The van der Waals surface area contributed by atoms with Gasteiger partial charge in [0.15, 0.2) is 0 Å². The molecule has 1 heterocycles. The van der Waals surface area contributed by atoms with Crippen molar-refractivity contribution in [3.05, 3.63) is 71.8 Å². The molecule has 2 aromatic rings. The van der Waals surface area contributed by atoms with Gasteiger partial charge in [0.25, 0.3) is 0 Å². The zero-order valence-electron chi connectivity index (χ0n) is 18.7. The number of sulfonamides is 1. The standard InChI is InChI=1S/C25H31N3O4S/c29-24-18-23(21-10-5-2-6-11-21)28(25(30)22-12-13-22)16-7-15-27(17-14-26-24)33(31,32)19-20-8-3-1-4-9-20/h1-6,8-11,22-23H,7,12-19H2,(H,26,29). The highest BCUT2D eigenvalue weighted by Gasteiger charge is 2.37. The Labute approximate surface area is 195 Å². The first-order valence-electron chi connectivity index (χ1n) is 11.6. The van der Waals surface area contributed by atoms with Crippen LogP contribution in [0.1, 0.15) is 42.9 Å². The minimum absolute atomic E-state index is 0.0160. The first-order chi connectivity index (χ1) is 15.9. The fraction of sp³-hybridized carbons (Fsp3) is 0.440. The molecule has 1 aliphatic carbocycles. The lowest BCUT2D eigenvalue weighted by Crippen LogP contribution is -2.40. The van der Waals surface area contributed by atoms with E-state index in [4.69, 9.17) is 0 Å². The van der Waals surface area contributed by atoms with Gasteiger partial charge in [-0.25, -0.2) is 8.42 Å². The summed E-state index contributed by atoms with van der Waals surface area (Å²) >= 11 is 0. The third-order valence-electron chi connectivity index (χ3n) is 6.22. The van der Waals surface area contributed by atoms with Gasteiger partial charge in [-0.15, -0.1) is 0 Å². The van der Waals surface area contributed by atoms with Gasteiger partial charge in [0.05, 0.1) is 18.2 Å². The molecule has 0 aromatic heterocycles. The summed E-state index contributed by atoms with van der Waals surface area (Å²) in [5.41, 5.74) is 1.65. The number of hydrogen-bond acceptors (Lipinski definition) is 4. The minimum atomic E-state index is -3.56. The van der Waals surface area contributed by atoms with Gasteiger partial charge in [-0.05, 0) is 30.4 Å². The van der Waals surface area contributed by atoms with Crippen molar-refractivity contribution in [2.45, 2.75) is 37.5 Å². The number of nitrogens with zero attached hydrogens (tertiary/aromatic N) is 2. The molecule has 1 aliphatic heterocycles. The van der Waals surface area contributed by atoms with Gasteiger partial charge < -0.3 is 10.2 Å². The highest BCUT2D eigenvalue weighted by atomic mass is 32.2. The van der Waals surface area contributed by atoms with Crippen LogP contribution in [0.3, 0.4) is 0 Å². The zero-order chi connectivity index (χ0) is 23.3. The van der Waals surface area contributed by atoms with Crippen molar-refractivity contribution < 1.29 is 18.0 Å². The molecule has 1 unspecified atom stereocenters. The van der Waals surface area contributed by atoms with Crippen molar-refractivity contribution in [1.82, 2.24) is 14.5 Å². The number of amides is 2. The van der Waals surface area contributed by atoms with Crippen LogP contribution in [0.5, 0.6) is 0 Å². The smallest absolute Gasteiger partial charge is 0.226 e. The SMILES string of the molecule is O=C1CC(c2ccccc2)N(C(=O)C2CC2)CCCN(S(=O)(=O)Cc2ccccc2)CCN1. The molecule has 0 spiro atoms. The van der Waals surface area contributed by atoms with Gasteiger partial charge in [0.2, 0.25) is 21.8 Å². The van der Waals surface area contributed by atoms with Gasteiger partial charge in [-0.3, -0.25) is 9.59 Å². The Balaban J connectivity index is 1.55. The second-order valence-corrected chi connectivity index (χ2v) is 10.7. The lowest BCUT2D eigenvalue weighted by Gasteiger charge is -2.32. The predicted molar refractivity (Wildman–Crippen MR) is 127 cm³/mol. The lowest BCUT2D eigenvalue weighted by atomic mass is 10.0. The molecule has 176 valence electrons. The Morgan fingerprint density at radius 1 is 0.939 bits per heavy atom. The molecule has 1 saturated carbocycles. The lowest BCUT2D eigenvalue weighted by molar-refractivity contribution is -0.136.